The molecule has 3 heteroatoms. The van der Waals surface area contributed by atoms with Gasteiger partial charge in [-0.1, -0.05) is 30.3 Å². The molecule has 1 atom stereocenters. The van der Waals surface area contributed by atoms with Gasteiger partial charge >= 0.3 is 0 Å². The highest BCUT2D eigenvalue weighted by Gasteiger charge is 2.29. The lowest BCUT2D eigenvalue weighted by Crippen LogP contribution is -2.07. The lowest BCUT2D eigenvalue weighted by molar-refractivity contribution is 0.478. The summed E-state index contributed by atoms with van der Waals surface area (Å²) in [4.78, 5) is 4.55. The van der Waals surface area contributed by atoms with Crippen LogP contribution in [0.5, 0.6) is 0 Å². The average molecular weight is 277 g/mol. The van der Waals surface area contributed by atoms with Crippen LogP contribution in [-0.4, -0.2) is 4.98 Å². The number of oxazole rings is 1. The molecule has 1 aromatic carbocycles. The van der Waals surface area contributed by atoms with Crippen LogP contribution in [0.1, 0.15) is 41.0 Å². The molecule has 1 aliphatic carbocycles. The van der Waals surface area contributed by atoms with E-state index in [4.69, 9.17) is 8.83 Å². The summed E-state index contributed by atoms with van der Waals surface area (Å²) in [5, 5.41) is 0. The smallest absolute Gasteiger partial charge is 0.192 e. The molecule has 0 saturated carbocycles. The fourth-order valence-electron chi connectivity index (χ4n) is 2.92. The predicted octanol–water partition coefficient (Wildman–Crippen LogP) is 4.65. The number of aryl methyl sites for hydroxylation is 1. The molecule has 0 spiro atoms. The summed E-state index contributed by atoms with van der Waals surface area (Å²) in [6.45, 7) is 1.88. The van der Waals surface area contributed by atoms with Gasteiger partial charge in [0.25, 0.3) is 0 Å². The van der Waals surface area contributed by atoms with Crippen LogP contribution >= 0.6 is 0 Å². The first-order valence-electron chi connectivity index (χ1n) is 7.08. The van der Waals surface area contributed by atoms with Crippen molar-refractivity contribution in [3.63, 3.8) is 0 Å². The van der Waals surface area contributed by atoms with E-state index in [-0.39, 0.29) is 5.92 Å². The summed E-state index contributed by atoms with van der Waals surface area (Å²) in [6.07, 6.45) is 4.68. The van der Waals surface area contributed by atoms with Gasteiger partial charge in [0.2, 0.25) is 0 Å². The van der Waals surface area contributed by atoms with E-state index in [1.165, 1.54) is 11.1 Å². The molecule has 0 fully saturated rings. The molecular weight excluding hydrogens is 262 g/mol. The minimum Gasteiger partial charge on any atom is -0.469 e. The van der Waals surface area contributed by atoms with Crippen LogP contribution in [-0.2, 0) is 0 Å². The van der Waals surface area contributed by atoms with Crippen molar-refractivity contribution < 1.29 is 8.83 Å². The van der Waals surface area contributed by atoms with Gasteiger partial charge in [-0.2, -0.15) is 0 Å². The largest absolute Gasteiger partial charge is 0.469 e. The monoisotopic (exact) mass is 277 g/mol. The quantitative estimate of drug-likeness (QED) is 0.684. The highest BCUT2D eigenvalue weighted by atomic mass is 16.4. The number of fused-ring (bicyclic) bond motifs is 1. The second kappa shape index (κ2) is 4.77. The van der Waals surface area contributed by atoms with Crippen LogP contribution in [0, 0.1) is 6.92 Å². The summed E-state index contributed by atoms with van der Waals surface area (Å²) in [5.41, 5.74) is 3.44. The van der Waals surface area contributed by atoms with Crippen LogP contribution in [0.3, 0.4) is 0 Å². The van der Waals surface area contributed by atoms with Crippen LogP contribution < -0.4 is 0 Å². The van der Waals surface area contributed by atoms with Gasteiger partial charge in [-0.25, -0.2) is 4.98 Å². The molecule has 21 heavy (non-hydrogen) atoms. The molecule has 4 rings (SSSR count). The normalized spacial score (nSPS) is 17.4. The van der Waals surface area contributed by atoms with Crippen molar-refractivity contribution in [3.05, 3.63) is 77.4 Å². The highest BCUT2D eigenvalue weighted by molar-refractivity contribution is 5.83. The number of hydrogen-bond acceptors (Lipinski definition) is 3. The van der Waals surface area contributed by atoms with Gasteiger partial charge in [-0.3, -0.25) is 0 Å². The Hall–Kier alpha value is -2.55. The second-order valence-corrected chi connectivity index (χ2v) is 5.29. The third-order valence-corrected chi connectivity index (χ3v) is 3.88. The number of nitrogens with zero attached hydrogens (tertiary/aromatic N) is 1. The second-order valence-electron chi connectivity index (χ2n) is 5.29. The van der Waals surface area contributed by atoms with Gasteiger partial charge in [-0.15, -0.1) is 0 Å². The van der Waals surface area contributed by atoms with Crippen molar-refractivity contribution in [2.24, 2.45) is 0 Å². The van der Waals surface area contributed by atoms with Gasteiger partial charge in [-0.05, 0) is 35.8 Å². The Morgan fingerprint density at radius 3 is 2.71 bits per heavy atom. The Morgan fingerprint density at radius 1 is 1.10 bits per heavy atom. The average Bonchev–Trinajstić information content (AvgIpc) is 3.15. The highest BCUT2D eigenvalue weighted by Crippen LogP contribution is 2.41. The van der Waals surface area contributed by atoms with E-state index in [1.807, 2.05) is 25.1 Å². The number of aromatic nitrogens is 1. The molecular formula is C18H15NO2. The topological polar surface area (TPSA) is 39.2 Å². The van der Waals surface area contributed by atoms with E-state index < -0.39 is 0 Å². The molecule has 1 unspecified atom stereocenters. The first-order valence-corrected chi connectivity index (χ1v) is 7.08. The maximum atomic E-state index is 5.76. The molecule has 1 aliphatic rings. The first-order chi connectivity index (χ1) is 10.3. The SMILES string of the molecule is Cc1nc2c(o1)C=C(c1ccccc1)CC2c1ccco1. The zero-order valence-corrected chi connectivity index (χ0v) is 11.7. The fraction of sp³-hybridized carbons (Fsp3) is 0.167. The van der Waals surface area contributed by atoms with Crippen molar-refractivity contribution in [2.45, 2.75) is 19.3 Å². The molecule has 0 N–H and O–H groups in total. The van der Waals surface area contributed by atoms with Gasteiger partial charge in [0.1, 0.15) is 5.76 Å². The third-order valence-electron chi connectivity index (χ3n) is 3.88. The molecule has 0 radical (unpaired) electrons. The summed E-state index contributed by atoms with van der Waals surface area (Å²) in [7, 11) is 0. The van der Waals surface area contributed by atoms with Gasteiger partial charge in [0.05, 0.1) is 17.9 Å². The van der Waals surface area contributed by atoms with Crippen molar-refractivity contribution in [3.8, 4) is 0 Å². The molecule has 3 nitrogen and oxygen atoms in total. The van der Waals surface area contributed by atoms with Crippen LogP contribution in [0.4, 0.5) is 0 Å². The van der Waals surface area contributed by atoms with Gasteiger partial charge in [0, 0.05) is 6.92 Å². The summed E-state index contributed by atoms with van der Waals surface area (Å²) in [5.74, 6) is 2.60. The Labute approximate surface area is 122 Å². The number of hydrogen-bond donors (Lipinski definition) is 0. The predicted molar refractivity (Wildman–Crippen MR) is 80.7 cm³/mol. The molecule has 0 amide bonds. The zero-order chi connectivity index (χ0) is 14.2. The minimum atomic E-state index is 0.118. The van der Waals surface area contributed by atoms with Crippen LogP contribution in [0.15, 0.2) is 57.6 Å². The van der Waals surface area contributed by atoms with Crippen LogP contribution in [0.2, 0.25) is 0 Å². The number of benzene rings is 1. The van der Waals surface area contributed by atoms with E-state index in [0.29, 0.717) is 5.89 Å². The first kappa shape index (κ1) is 12.2. The molecule has 0 aliphatic heterocycles. The zero-order valence-electron chi connectivity index (χ0n) is 11.7. The molecule has 2 heterocycles. The lowest BCUT2D eigenvalue weighted by Gasteiger charge is -2.20. The minimum absolute atomic E-state index is 0.118. The van der Waals surface area contributed by atoms with Crippen molar-refractivity contribution in [1.82, 2.24) is 4.98 Å². The third kappa shape index (κ3) is 2.11. The van der Waals surface area contributed by atoms with Gasteiger partial charge < -0.3 is 8.83 Å². The molecule has 0 saturated heterocycles. The van der Waals surface area contributed by atoms with E-state index in [9.17, 15) is 0 Å². The summed E-state index contributed by atoms with van der Waals surface area (Å²) < 4.78 is 11.4. The fourth-order valence-corrected chi connectivity index (χ4v) is 2.92. The molecule has 0 bridgehead atoms. The van der Waals surface area contributed by atoms with E-state index in [0.717, 1.165) is 23.6 Å². The Morgan fingerprint density at radius 2 is 1.95 bits per heavy atom. The summed E-state index contributed by atoms with van der Waals surface area (Å²) in [6, 6.07) is 14.3. The number of allylic oxidation sites excluding steroid dienone is 1. The van der Waals surface area contributed by atoms with Crippen LogP contribution in [0.25, 0.3) is 11.6 Å². The van der Waals surface area contributed by atoms with E-state index in [1.54, 1.807) is 6.26 Å². The Bertz CT molecular complexity index is 782. The Balaban J connectivity index is 1.84. The maximum Gasteiger partial charge on any atom is 0.192 e. The van der Waals surface area contributed by atoms with Crippen molar-refractivity contribution in [1.29, 1.82) is 0 Å². The standard InChI is InChI=1S/C18H15NO2/c1-12-19-18-15(16-8-5-9-20-16)10-14(11-17(18)21-12)13-6-3-2-4-7-13/h2-9,11,15H,10H2,1H3. The Kier molecular flexibility index (Phi) is 2.78. The molecule has 2 aromatic heterocycles. The number of rotatable bonds is 2. The molecule has 3 aromatic rings. The molecule has 104 valence electrons. The van der Waals surface area contributed by atoms with Crippen molar-refractivity contribution >= 4 is 11.6 Å². The maximum absolute atomic E-state index is 5.76. The van der Waals surface area contributed by atoms with E-state index in [2.05, 4.69) is 35.3 Å². The lowest BCUT2D eigenvalue weighted by atomic mass is 9.85. The van der Waals surface area contributed by atoms with E-state index >= 15 is 0 Å². The van der Waals surface area contributed by atoms with Crippen molar-refractivity contribution in [2.75, 3.05) is 0 Å². The summed E-state index contributed by atoms with van der Waals surface area (Å²) >= 11 is 0. The van der Waals surface area contributed by atoms with Gasteiger partial charge in [0.15, 0.2) is 11.7 Å². The number of furan rings is 1.